The van der Waals surface area contributed by atoms with Crippen molar-refractivity contribution in [3.8, 4) is 5.75 Å². The van der Waals surface area contributed by atoms with Gasteiger partial charge in [0, 0.05) is 23.0 Å². The number of benzene rings is 1. The Morgan fingerprint density at radius 3 is 2.93 bits per heavy atom. The van der Waals surface area contributed by atoms with Crippen LogP contribution in [0, 0.1) is 0 Å². The van der Waals surface area contributed by atoms with E-state index in [0.29, 0.717) is 11.3 Å². The van der Waals surface area contributed by atoms with Gasteiger partial charge >= 0.3 is 5.97 Å². The molecule has 1 aromatic heterocycles. The van der Waals surface area contributed by atoms with Gasteiger partial charge in [0.1, 0.15) is 5.52 Å². The van der Waals surface area contributed by atoms with Gasteiger partial charge in [0.2, 0.25) is 0 Å². The summed E-state index contributed by atoms with van der Waals surface area (Å²) < 4.78 is 5.99. The zero-order valence-corrected chi connectivity index (χ0v) is 9.61. The Kier molecular flexibility index (Phi) is 2.68. The van der Waals surface area contributed by atoms with Crippen LogP contribution in [0.4, 0.5) is 0 Å². The average molecular weight is 266 g/mol. The Morgan fingerprint density at radius 1 is 1.40 bits per heavy atom. The molecule has 0 unspecified atom stereocenters. The van der Waals surface area contributed by atoms with Crippen molar-refractivity contribution in [1.82, 2.24) is 4.98 Å². The van der Waals surface area contributed by atoms with E-state index in [1.807, 2.05) is 18.2 Å². The lowest BCUT2D eigenvalue weighted by atomic mass is 10.2. The number of hydrogen-bond donors (Lipinski definition) is 0. The summed E-state index contributed by atoms with van der Waals surface area (Å²) in [6.45, 7) is 1.37. The topological polar surface area (TPSA) is 39.2 Å². The normalized spacial score (nSPS) is 10.3. The van der Waals surface area contributed by atoms with E-state index < -0.39 is 0 Å². The number of pyridine rings is 1. The summed E-state index contributed by atoms with van der Waals surface area (Å²) in [5.74, 6) is 0.144. The van der Waals surface area contributed by atoms with Crippen LogP contribution in [-0.4, -0.2) is 11.0 Å². The molecule has 2 aromatic rings. The van der Waals surface area contributed by atoms with E-state index in [1.54, 1.807) is 12.3 Å². The fraction of sp³-hybridized carbons (Fsp3) is 0.0909. The SMILES string of the molecule is CC(=O)Oc1ccc(Br)c2cccnc12. The number of carbonyl (C=O) groups excluding carboxylic acids is 1. The molecule has 0 aliphatic heterocycles. The number of ether oxygens (including phenoxy) is 1. The van der Waals surface area contributed by atoms with Crippen molar-refractivity contribution in [3.63, 3.8) is 0 Å². The first kappa shape index (κ1) is 10.1. The second kappa shape index (κ2) is 3.98. The number of carbonyl (C=O) groups is 1. The van der Waals surface area contributed by atoms with Crippen molar-refractivity contribution in [3.05, 3.63) is 34.9 Å². The van der Waals surface area contributed by atoms with Crippen molar-refractivity contribution in [2.45, 2.75) is 6.92 Å². The van der Waals surface area contributed by atoms with Crippen LogP contribution in [0.3, 0.4) is 0 Å². The molecule has 0 aliphatic rings. The first-order chi connectivity index (χ1) is 7.18. The summed E-state index contributed by atoms with van der Waals surface area (Å²) >= 11 is 3.42. The highest BCUT2D eigenvalue weighted by molar-refractivity contribution is 9.10. The zero-order valence-electron chi connectivity index (χ0n) is 8.03. The monoisotopic (exact) mass is 265 g/mol. The predicted molar refractivity (Wildman–Crippen MR) is 60.8 cm³/mol. The summed E-state index contributed by atoms with van der Waals surface area (Å²) in [5.41, 5.74) is 0.682. The molecule has 0 aliphatic carbocycles. The standard InChI is InChI=1S/C11H8BrNO2/c1-7(14)15-10-5-4-9(12)8-3-2-6-13-11(8)10/h2-6H,1H3. The first-order valence-corrected chi connectivity index (χ1v) is 5.19. The minimum absolute atomic E-state index is 0.343. The van der Waals surface area contributed by atoms with E-state index in [1.165, 1.54) is 6.92 Å². The molecule has 4 heteroatoms. The van der Waals surface area contributed by atoms with Crippen LogP contribution in [0.5, 0.6) is 5.75 Å². The molecule has 2 rings (SSSR count). The number of hydrogen-bond acceptors (Lipinski definition) is 3. The van der Waals surface area contributed by atoms with Gasteiger partial charge in [0.05, 0.1) is 0 Å². The molecule has 0 bridgehead atoms. The van der Waals surface area contributed by atoms with Crippen molar-refractivity contribution in [2.24, 2.45) is 0 Å². The summed E-state index contributed by atoms with van der Waals surface area (Å²) in [5, 5.41) is 0.927. The minimum Gasteiger partial charge on any atom is -0.424 e. The highest BCUT2D eigenvalue weighted by Crippen LogP contribution is 2.29. The van der Waals surface area contributed by atoms with E-state index in [4.69, 9.17) is 4.74 Å². The summed E-state index contributed by atoms with van der Waals surface area (Å²) in [7, 11) is 0. The summed E-state index contributed by atoms with van der Waals surface area (Å²) in [6, 6.07) is 7.31. The minimum atomic E-state index is -0.343. The highest BCUT2D eigenvalue weighted by atomic mass is 79.9. The largest absolute Gasteiger partial charge is 0.424 e. The van der Waals surface area contributed by atoms with E-state index in [2.05, 4.69) is 20.9 Å². The van der Waals surface area contributed by atoms with Gasteiger partial charge in [-0.05, 0) is 18.2 Å². The Bertz CT molecular complexity index is 525. The molecule has 3 nitrogen and oxygen atoms in total. The Balaban J connectivity index is 2.66. The Hall–Kier alpha value is -1.42. The molecule has 0 fully saturated rings. The van der Waals surface area contributed by atoms with Crippen LogP contribution in [0.2, 0.25) is 0 Å². The van der Waals surface area contributed by atoms with Crippen molar-refractivity contribution in [2.75, 3.05) is 0 Å². The molecule has 1 heterocycles. The maximum absolute atomic E-state index is 10.9. The Labute approximate surface area is 95.2 Å². The van der Waals surface area contributed by atoms with Crippen LogP contribution >= 0.6 is 15.9 Å². The van der Waals surface area contributed by atoms with Gasteiger partial charge in [-0.3, -0.25) is 9.78 Å². The van der Waals surface area contributed by atoms with Crippen LogP contribution < -0.4 is 4.74 Å². The summed E-state index contributed by atoms with van der Waals surface area (Å²) in [4.78, 5) is 15.1. The third kappa shape index (κ3) is 1.99. The second-order valence-electron chi connectivity index (χ2n) is 3.04. The molecular weight excluding hydrogens is 258 g/mol. The molecule has 0 radical (unpaired) electrons. The fourth-order valence-electron chi connectivity index (χ4n) is 1.35. The number of fused-ring (bicyclic) bond motifs is 1. The van der Waals surface area contributed by atoms with E-state index >= 15 is 0 Å². The fourth-order valence-corrected chi connectivity index (χ4v) is 1.80. The third-order valence-corrected chi connectivity index (χ3v) is 2.62. The van der Waals surface area contributed by atoms with Gasteiger partial charge in [-0.1, -0.05) is 22.0 Å². The lowest BCUT2D eigenvalue weighted by Gasteiger charge is -2.05. The highest BCUT2D eigenvalue weighted by Gasteiger charge is 2.07. The predicted octanol–water partition coefficient (Wildman–Crippen LogP) is 2.92. The molecule has 0 spiro atoms. The van der Waals surface area contributed by atoms with Crippen molar-refractivity contribution in [1.29, 1.82) is 0 Å². The van der Waals surface area contributed by atoms with Crippen LogP contribution in [-0.2, 0) is 4.79 Å². The maximum atomic E-state index is 10.9. The molecule has 1 aromatic carbocycles. The van der Waals surface area contributed by atoms with Crippen LogP contribution in [0.15, 0.2) is 34.9 Å². The van der Waals surface area contributed by atoms with E-state index in [0.717, 1.165) is 9.86 Å². The number of rotatable bonds is 1. The van der Waals surface area contributed by atoms with Gasteiger partial charge < -0.3 is 4.74 Å². The molecule has 0 amide bonds. The van der Waals surface area contributed by atoms with E-state index in [-0.39, 0.29) is 5.97 Å². The average Bonchev–Trinajstić information content (AvgIpc) is 2.22. The van der Waals surface area contributed by atoms with Gasteiger partial charge in [-0.15, -0.1) is 0 Å². The van der Waals surface area contributed by atoms with Gasteiger partial charge in [-0.25, -0.2) is 0 Å². The molecule has 76 valence electrons. The Morgan fingerprint density at radius 2 is 2.20 bits per heavy atom. The summed E-state index contributed by atoms with van der Waals surface area (Å²) in [6.07, 6.45) is 1.67. The lowest BCUT2D eigenvalue weighted by molar-refractivity contribution is -0.131. The molecular formula is C11H8BrNO2. The third-order valence-electron chi connectivity index (χ3n) is 1.93. The van der Waals surface area contributed by atoms with Crippen LogP contribution in [0.25, 0.3) is 10.9 Å². The molecule has 0 atom stereocenters. The maximum Gasteiger partial charge on any atom is 0.308 e. The van der Waals surface area contributed by atoms with Crippen LogP contribution in [0.1, 0.15) is 6.92 Å². The van der Waals surface area contributed by atoms with Crippen molar-refractivity contribution < 1.29 is 9.53 Å². The number of esters is 1. The number of halogens is 1. The molecule has 0 saturated heterocycles. The van der Waals surface area contributed by atoms with Gasteiger partial charge in [0.15, 0.2) is 5.75 Å². The van der Waals surface area contributed by atoms with Crippen molar-refractivity contribution >= 4 is 32.8 Å². The number of aromatic nitrogens is 1. The zero-order chi connectivity index (χ0) is 10.8. The quantitative estimate of drug-likeness (QED) is 0.588. The smallest absolute Gasteiger partial charge is 0.308 e. The lowest BCUT2D eigenvalue weighted by Crippen LogP contribution is -2.02. The van der Waals surface area contributed by atoms with E-state index in [9.17, 15) is 4.79 Å². The van der Waals surface area contributed by atoms with Gasteiger partial charge in [0.25, 0.3) is 0 Å². The van der Waals surface area contributed by atoms with Gasteiger partial charge in [-0.2, -0.15) is 0 Å². The second-order valence-corrected chi connectivity index (χ2v) is 3.89. The number of nitrogens with zero attached hydrogens (tertiary/aromatic N) is 1. The molecule has 0 N–H and O–H groups in total. The molecule has 0 saturated carbocycles. The first-order valence-electron chi connectivity index (χ1n) is 4.40. The molecule has 15 heavy (non-hydrogen) atoms.